The van der Waals surface area contributed by atoms with Crippen LogP contribution in [0.2, 0.25) is 0 Å². The van der Waals surface area contributed by atoms with Gasteiger partial charge in [0.05, 0.1) is 25.4 Å². The van der Waals surface area contributed by atoms with Gasteiger partial charge >= 0.3 is 5.97 Å². The molecule has 0 aliphatic carbocycles. The summed E-state index contributed by atoms with van der Waals surface area (Å²) in [5, 5.41) is 23.4. The van der Waals surface area contributed by atoms with Gasteiger partial charge in [0.15, 0.2) is 0 Å². The van der Waals surface area contributed by atoms with Crippen LogP contribution in [0.4, 0.5) is 0 Å². The lowest BCUT2D eigenvalue weighted by molar-refractivity contribution is -0.143. The minimum atomic E-state index is -0.664. The highest BCUT2D eigenvalue weighted by Gasteiger charge is 2.20. The highest BCUT2D eigenvalue weighted by Crippen LogP contribution is 2.20. The molecular formula is C80H153NO5. The fraction of sp³-hybridized carbons (Fsp3) is 0.900. The standard InChI is InChI=1S/C80H153NO5/c1-3-5-7-9-11-13-15-17-19-21-23-37-40-44-48-52-56-60-64-68-72-78(83)77(76-82)81-79(84)73-69-65-61-57-53-49-45-41-38-35-33-31-29-27-25-24-26-28-30-32-34-36-39-43-47-51-55-59-63-67-71-75-86-80(85)74-70-66-62-58-54-50-46-42-22-20-18-16-14-12-10-8-6-4-2/h14,16,20,22,26,28,77-78,82-83H,3-13,15,17-19,21,23-25,27,29-76H2,1-2H3,(H,81,84)/b16-14-,22-20-,28-26-. The highest BCUT2D eigenvalue weighted by atomic mass is 16.5. The third-order valence-corrected chi connectivity index (χ3v) is 18.4. The van der Waals surface area contributed by atoms with Crippen LogP contribution in [0.5, 0.6) is 0 Å². The van der Waals surface area contributed by atoms with Crippen LogP contribution in [0, 0.1) is 0 Å². The highest BCUT2D eigenvalue weighted by molar-refractivity contribution is 5.76. The predicted octanol–water partition coefficient (Wildman–Crippen LogP) is 25.8. The SMILES string of the molecule is CCCCCC/C=C\C/C=C\CCCCCCCCCC(=O)OCCCCCCCCCCCCCC/C=C\CCCCCCCCCCCCCCCCCC(=O)NC(CO)C(O)CCCCCCCCCCCCCCCCCCCCCC. The molecule has 0 aliphatic rings. The van der Waals surface area contributed by atoms with E-state index in [0.717, 1.165) is 51.4 Å². The summed E-state index contributed by atoms with van der Waals surface area (Å²) in [6.07, 6.45) is 98.0. The first-order valence-corrected chi connectivity index (χ1v) is 39.2. The molecule has 0 radical (unpaired) electrons. The zero-order valence-electron chi connectivity index (χ0n) is 58.3. The summed E-state index contributed by atoms with van der Waals surface area (Å²) in [5.41, 5.74) is 0. The van der Waals surface area contributed by atoms with Crippen molar-refractivity contribution < 1.29 is 24.5 Å². The maximum Gasteiger partial charge on any atom is 0.305 e. The number of hydrogen-bond donors (Lipinski definition) is 3. The zero-order valence-corrected chi connectivity index (χ0v) is 58.3. The van der Waals surface area contributed by atoms with Crippen molar-refractivity contribution in [3.05, 3.63) is 36.5 Å². The molecule has 0 aromatic carbocycles. The molecule has 508 valence electrons. The summed E-state index contributed by atoms with van der Waals surface area (Å²) in [6.45, 7) is 4.98. The maximum absolute atomic E-state index is 12.6. The van der Waals surface area contributed by atoms with Crippen LogP contribution < -0.4 is 5.32 Å². The summed E-state index contributed by atoms with van der Waals surface area (Å²) in [4.78, 5) is 24.7. The Labute approximate surface area is 538 Å². The molecule has 0 aliphatic heterocycles. The Balaban J connectivity index is 3.36. The number of carbonyl (C=O) groups is 2. The van der Waals surface area contributed by atoms with E-state index < -0.39 is 12.1 Å². The first kappa shape index (κ1) is 84.1. The van der Waals surface area contributed by atoms with Crippen LogP contribution in [0.3, 0.4) is 0 Å². The molecule has 0 heterocycles. The van der Waals surface area contributed by atoms with Gasteiger partial charge in [0.2, 0.25) is 5.91 Å². The van der Waals surface area contributed by atoms with Crippen molar-refractivity contribution in [2.45, 2.75) is 450 Å². The molecule has 0 spiro atoms. The molecule has 6 nitrogen and oxygen atoms in total. The van der Waals surface area contributed by atoms with Crippen molar-refractivity contribution in [3.8, 4) is 0 Å². The van der Waals surface area contributed by atoms with Gasteiger partial charge in [-0.15, -0.1) is 0 Å². The fourth-order valence-electron chi connectivity index (χ4n) is 12.4. The number of esters is 1. The molecule has 0 fully saturated rings. The monoisotopic (exact) mass is 1210 g/mol. The van der Waals surface area contributed by atoms with Crippen LogP contribution in [-0.2, 0) is 14.3 Å². The predicted molar refractivity (Wildman–Crippen MR) is 379 cm³/mol. The number of carbonyl (C=O) groups excluding carboxylic acids is 2. The van der Waals surface area contributed by atoms with E-state index in [-0.39, 0.29) is 18.5 Å². The average molecular weight is 1210 g/mol. The summed E-state index contributed by atoms with van der Waals surface area (Å²) in [6, 6.07) is -0.541. The van der Waals surface area contributed by atoms with Gasteiger partial charge < -0.3 is 20.3 Å². The number of nitrogens with one attached hydrogen (secondary N) is 1. The zero-order chi connectivity index (χ0) is 62.0. The number of amides is 1. The minimum Gasteiger partial charge on any atom is -0.466 e. The normalized spacial score (nSPS) is 12.7. The van der Waals surface area contributed by atoms with Gasteiger partial charge in [0.1, 0.15) is 0 Å². The Bertz CT molecular complexity index is 1390. The molecule has 0 aromatic heterocycles. The second kappa shape index (κ2) is 75.5. The summed E-state index contributed by atoms with van der Waals surface area (Å²) >= 11 is 0. The van der Waals surface area contributed by atoms with Crippen LogP contribution in [-0.4, -0.2) is 47.4 Å². The van der Waals surface area contributed by atoms with E-state index in [1.54, 1.807) is 0 Å². The van der Waals surface area contributed by atoms with Gasteiger partial charge in [0, 0.05) is 12.8 Å². The molecule has 0 rings (SSSR count). The van der Waals surface area contributed by atoms with E-state index in [1.807, 2.05) is 0 Å². The summed E-state index contributed by atoms with van der Waals surface area (Å²) < 4.78 is 5.51. The molecule has 0 saturated heterocycles. The Morgan fingerprint density at radius 3 is 0.907 bits per heavy atom. The number of hydrogen-bond acceptors (Lipinski definition) is 5. The fourth-order valence-corrected chi connectivity index (χ4v) is 12.4. The van der Waals surface area contributed by atoms with Crippen molar-refractivity contribution >= 4 is 11.9 Å². The van der Waals surface area contributed by atoms with Crippen LogP contribution in [0.1, 0.15) is 438 Å². The third kappa shape index (κ3) is 71.2. The second-order valence-corrected chi connectivity index (χ2v) is 27.0. The van der Waals surface area contributed by atoms with Gasteiger partial charge in [-0.25, -0.2) is 0 Å². The van der Waals surface area contributed by atoms with Crippen LogP contribution >= 0.6 is 0 Å². The third-order valence-electron chi connectivity index (χ3n) is 18.4. The van der Waals surface area contributed by atoms with Crippen molar-refractivity contribution in [1.29, 1.82) is 0 Å². The second-order valence-electron chi connectivity index (χ2n) is 27.0. The minimum absolute atomic E-state index is 0.0111. The maximum atomic E-state index is 12.6. The molecular weight excluding hydrogens is 1050 g/mol. The topological polar surface area (TPSA) is 95.9 Å². The lowest BCUT2D eigenvalue weighted by atomic mass is 10.0. The van der Waals surface area contributed by atoms with Gasteiger partial charge in [-0.05, 0) is 83.5 Å². The van der Waals surface area contributed by atoms with E-state index in [4.69, 9.17) is 4.74 Å². The largest absolute Gasteiger partial charge is 0.466 e. The van der Waals surface area contributed by atoms with Crippen molar-refractivity contribution in [3.63, 3.8) is 0 Å². The average Bonchev–Trinajstić information content (AvgIpc) is 3.54. The Morgan fingerprint density at radius 2 is 0.581 bits per heavy atom. The van der Waals surface area contributed by atoms with Crippen molar-refractivity contribution in [2.24, 2.45) is 0 Å². The molecule has 2 unspecified atom stereocenters. The number of aliphatic hydroxyl groups excluding tert-OH is 2. The van der Waals surface area contributed by atoms with E-state index in [9.17, 15) is 19.8 Å². The van der Waals surface area contributed by atoms with E-state index in [0.29, 0.717) is 25.9 Å². The number of ether oxygens (including phenoxy) is 1. The summed E-state index contributed by atoms with van der Waals surface area (Å²) in [5.74, 6) is -0.0172. The Morgan fingerprint density at radius 1 is 0.326 bits per heavy atom. The number of aliphatic hydroxyl groups is 2. The molecule has 86 heavy (non-hydrogen) atoms. The van der Waals surface area contributed by atoms with E-state index in [1.165, 1.54) is 353 Å². The molecule has 6 heteroatoms. The van der Waals surface area contributed by atoms with E-state index >= 15 is 0 Å². The van der Waals surface area contributed by atoms with Crippen molar-refractivity contribution in [1.82, 2.24) is 5.32 Å². The molecule has 1 amide bonds. The molecule has 0 bridgehead atoms. The van der Waals surface area contributed by atoms with Gasteiger partial charge in [-0.3, -0.25) is 9.59 Å². The van der Waals surface area contributed by atoms with Gasteiger partial charge in [0.25, 0.3) is 0 Å². The quantitative estimate of drug-likeness (QED) is 0.0320. The van der Waals surface area contributed by atoms with Gasteiger partial charge in [-0.1, -0.05) is 378 Å². The number of unbranched alkanes of at least 4 members (excludes halogenated alkanes) is 57. The van der Waals surface area contributed by atoms with Crippen molar-refractivity contribution in [2.75, 3.05) is 13.2 Å². The smallest absolute Gasteiger partial charge is 0.305 e. The van der Waals surface area contributed by atoms with Crippen LogP contribution in [0.15, 0.2) is 36.5 Å². The Hall–Kier alpha value is -1.92. The van der Waals surface area contributed by atoms with Gasteiger partial charge in [-0.2, -0.15) is 0 Å². The lowest BCUT2D eigenvalue weighted by Crippen LogP contribution is -2.45. The van der Waals surface area contributed by atoms with Crippen LogP contribution in [0.25, 0.3) is 0 Å². The Kier molecular flexibility index (Phi) is 73.9. The molecule has 0 saturated carbocycles. The molecule has 2 atom stereocenters. The number of rotatable bonds is 74. The molecule has 3 N–H and O–H groups in total. The van der Waals surface area contributed by atoms with E-state index in [2.05, 4.69) is 55.6 Å². The lowest BCUT2D eigenvalue weighted by Gasteiger charge is -2.22. The first-order chi connectivity index (χ1) is 42.5. The first-order valence-electron chi connectivity index (χ1n) is 39.2. The number of allylic oxidation sites excluding steroid dienone is 6. The molecule has 0 aromatic rings. The summed E-state index contributed by atoms with van der Waals surface area (Å²) in [7, 11) is 0.